The number of ether oxygens (including phenoxy) is 3. The minimum atomic E-state index is -0.254. The highest BCUT2D eigenvalue weighted by molar-refractivity contribution is 5.89. The lowest BCUT2D eigenvalue weighted by atomic mass is 10.1. The summed E-state index contributed by atoms with van der Waals surface area (Å²) >= 11 is 0. The number of methoxy groups -OCH3 is 3. The van der Waals surface area contributed by atoms with Crippen molar-refractivity contribution in [2.45, 2.75) is 25.8 Å². The van der Waals surface area contributed by atoms with E-state index in [1.165, 1.54) is 5.56 Å². The lowest BCUT2D eigenvalue weighted by Gasteiger charge is -2.24. The molecule has 36 heavy (non-hydrogen) atoms. The zero-order valence-electron chi connectivity index (χ0n) is 21.6. The van der Waals surface area contributed by atoms with E-state index in [0.717, 1.165) is 43.9 Å². The molecule has 2 fully saturated rings. The molecule has 0 spiro atoms. The summed E-state index contributed by atoms with van der Waals surface area (Å²) in [5, 5.41) is 0. The molecular formula is C28H37N3O5. The highest BCUT2D eigenvalue weighted by Crippen LogP contribution is 2.28. The van der Waals surface area contributed by atoms with Crippen LogP contribution >= 0.6 is 0 Å². The van der Waals surface area contributed by atoms with Crippen LogP contribution < -0.4 is 14.2 Å². The fourth-order valence-corrected chi connectivity index (χ4v) is 5.05. The first-order chi connectivity index (χ1) is 17.5. The molecule has 8 nitrogen and oxygen atoms in total. The topological polar surface area (TPSA) is 71.6 Å². The first kappa shape index (κ1) is 25.8. The second-order valence-corrected chi connectivity index (χ2v) is 9.48. The van der Waals surface area contributed by atoms with Gasteiger partial charge in [0, 0.05) is 52.2 Å². The van der Waals surface area contributed by atoms with Crippen LogP contribution in [0, 0.1) is 5.92 Å². The zero-order valence-corrected chi connectivity index (χ0v) is 21.6. The minimum absolute atomic E-state index is 0.0600. The Labute approximate surface area is 213 Å². The average molecular weight is 496 g/mol. The van der Waals surface area contributed by atoms with Gasteiger partial charge in [-0.05, 0) is 48.2 Å². The van der Waals surface area contributed by atoms with Crippen LogP contribution in [0.25, 0.3) is 0 Å². The fraction of sp³-hybridized carbons (Fsp3) is 0.500. The van der Waals surface area contributed by atoms with Crippen LogP contribution in [0.15, 0.2) is 42.5 Å². The Morgan fingerprint density at radius 2 is 1.64 bits per heavy atom. The predicted octanol–water partition coefficient (Wildman–Crippen LogP) is 2.84. The summed E-state index contributed by atoms with van der Waals surface area (Å²) in [6.07, 6.45) is 1.94. The summed E-state index contributed by atoms with van der Waals surface area (Å²) in [6, 6.07) is 14.0. The van der Waals surface area contributed by atoms with Crippen LogP contribution in [-0.2, 0) is 22.6 Å². The van der Waals surface area contributed by atoms with E-state index in [-0.39, 0.29) is 17.7 Å². The summed E-state index contributed by atoms with van der Waals surface area (Å²) < 4.78 is 15.9. The molecule has 2 amide bonds. The van der Waals surface area contributed by atoms with E-state index in [0.29, 0.717) is 44.0 Å². The SMILES string of the molecule is COc1ccc(CN2CCCN(C(=O)C3CC(=O)N(CCc4ccc(OC)c(OC)c4)C3)CC2)cc1. The maximum absolute atomic E-state index is 13.3. The quantitative estimate of drug-likeness (QED) is 0.533. The Bertz CT molecular complexity index is 1040. The van der Waals surface area contributed by atoms with E-state index in [4.69, 9.17) is 14.2 Å². The minimum Gasteiger partial charge on any atom is -0.497 e. The van der Waals surface area contributed by atoms with Crippen molar-refractivity contribution in [1.82, 2.24) is 14.7 Å². The molecule has 2 aliphatic rings. The average Bonchev–Trinajstić information content (AvgIpc) is 3.12. The second-order valence-electron chi connectivity index (χ2n) is 9.48. The van der Waals surface area contributed by atoms with Crippen molar-refractivity contribution in [3.8, 4) is 17.2 Å². The zero-order chi connectivity index (χ0) is 25.5. The number of amides is 2. The Balaban J connectivity index is 1.27. The maximum atomic E-state index is 13.3. The van der Waals surface area contributed by atoms with Crippen molar-refractivity contribution in [2.75, 3.05) is 60.6 Å². The largest absolute Gasteiger partial charge is 0.497 e. The van der Waals surface area contributed by atoms with Gasteiger partial charge >= 0.3 is 0 Å². The van der Waals surface area contributed by atoms with E-state index >= 15 is 0 Å². The number of carbonyl (C=O) groups excluding carboxylic acids is 2. The van der Waals surface area contributed by atoms with Crippen LogP contribution in [0.1, 0.15) is 24.0 Å². The number of hydrogen-bond donors (Lipinski definition) is 0. The van der Waals surface area contributed by atoms with Crippen LogP contribution in [-0.4, -0.2) is 87.1 Å². The summed E-state index contributed by atoms with van der Waals surface area (Å²) in [6.45, 7) is 5.18. The third-order valence-corrected chi connectivity index (χ3v) is 7.15. The second kappa shape index (κ2) is 12.1. The van der Waals surface area contributed by atoms with Gasteiger partial charge in [0.1, 0.15) is 5.75 Å². The third kappa shape index (κ3) is 6.29. The first-order valence-electron chi connectivity index (χ1n) is 12.6. The van der Waals surface area contributed by atoms with Crippen molar-refractivity contribution in [2.24, 2.45) is 5.92 Å². The molecule has 2 saturated heterocycles. The predicted molar refractivity (Wildman–Crippen MR) is 137 cm³/mol. The van der Waals surface area contributed by atoms with Gasteiger partial charge in [-0.1, -0.05) is 18.2 Å². The van der Waals surface area contributed by atoms with Gasteiger partial charge in [-0.3, -0.25) is 14.5 Å². The smallest absolute Gasteiger partial charge is 0.228 e. The molecule has 2 aromatic rings. The molecule has 0 aromatic heterocycles. The lowest BCUT2D eigenvalue weighted by molar-refractivity contribution is -0.135. The van der Waals surface area contributed by atoms with Gasteiger partial charge in [0.05, 0.1) is 27.2 Å². The molecule has 8 heteroatoms. The van der Waals surface area contributed by atoms with Crippen LogP contribution in [0.2, 0.25) is 0 Å². The number of hydrogen-bond acceptors (Lipinski definition) is 6. The van der Waals surface area contributed by atoms with E-state index in [9.17, 15) is 9.59 Å². The van der Waals surface area contributed by atoms with E-state index in [1.54, 1.807) is 21.3 Å². The molecule has 0 N–H and O–H groups in total. The van der Waals surface area contributed by atoms with Gasteiger partial charge in [0.25, 0.3) is 0 Å². The highest BCUT2D eigenvalue weighted by Gasteiger charge is 2.36. The molecule has 0 aliphatic carbocycles. The molecule has 2 heterocycles. The molecule has 2 aliphatic heterocycles. The number of rotatable bonds is 9. The molecule has 194 valence electrons. The third-order valence-electron chi connectivity index (χ3n) is 7.15. The standard InChI is InChI=1S/C28H37N3O5/c1-34-24-8-5-22(6-9-24)19-29-12-4-13-30(16-15-29)28(33)23-18-27(32)31(20-23)14-11-21-7-10-25(35-2)26(17-21)36-3/h5-10,17,23H,4,11-16,18-20H2,1-3H3. The van der Waals surface area contributed by atoms with Crippen LogP contribution in [0.4, 0.5) is 0 Å². The molecule has 1 atom stereocenters. The van der Waals surface area contributed by atoms with E-state index in [2.05, 4.69) is 17.0 Å². The van der Waals surface area contributed by atoms with Gasteiger partial charge in [0.2, 0.25) is 11.8 Å². The Kier molecular flexibility index (Phi) is 8.70. The van der Waals surface area contributed by atoms with Gasteiger partial charge in [0.15, 0.2) is 11.5 Å². The normalized spacial score (nSPS) is 18.8. The van der Waals surface area contributed by atoms with Gasteiger partial charge in [-0.15, -0.1) is 0 Å². The summed E-state index contributed by atoms with van der Waals surface area (Å²) in [7, 11) is 4.90. The number of benzene rings is 2. The van der Waals surface area contributed by atoms with E-state index in [1.807, 2.05) is 40.1 Å². The Morgan fingerprint density at radius 3 is 2.36 bits per heavy atom. The summed E-state index contributed by atoms with van der Waals surface area (Å²) in [5.74, 6) is 2.14. The van der Waals surface area contributed by atoms with Crippen molar-refractivity contribution < 1.29 is 23.8 Å². The van der Waals surface area contributed by atoms with Crippen LogP contribution in [0.5, 0.6) is 17.2 Å². The molecule has 0 radical (unpaired) electrons. The monoisotopic (exact) mass is 495 g/mol. The summed E-state index contributed by atoms with van der Waals surface area (Å²) in [5.41, 5.74) is 2.31. The molecule has 1 unspecified atom stereocenters. The van der Waals surface area contributed by atoms with E-state index < -0.39 is 0 Å². The highest BCUT2D eigenvalue weighted by atomic mass is 16.5. The van der Waals surface area contributed by atoms with Crippen molar-refractivity contribution in [3.63, 3.8) is 0 Å². The number of carbonyl (C=O) groups is 2. The Hall–Kier alpha value is -3.26. The molecule has 0 saturated carbocycles. The van der Waals surface area contributed by atoms with Crippen molar-refractivity contribution >= 4 is 11.8 Å². The maximum Gasteiger partial charge on any atom is 0.228 e. The van der Waals surface area contributed by atoms with Gasteiger partial charge in [-0.2, -0.15) is 0 Å². The number of likely N-dealkylation sites (tertiary alicyclic amines) is 1. The Morgan fingerprint density at radius 1 is 0.889 bits per heavy atom. The van der Waals surface area contributed by atoms with Crippen molar-refractivity contribution in [1.29, 1.82) is 0 Å². The lowest BCUT2D eigenvalue weighted by Crippen LogP contribution is -2.40. The molecule has 4 rings (SSSR count). The fourth-order valence-electron chi connectivity index (χ4n) is 5.05. The van der Waals surface area contributed by atoms with Crippen molar-refractivity contribution in [3.05, 3.63) is 53.6 Å². The molecule has 2 aromatic carbocycles. The molecule has 0 bridgehead atoms. The van der Waals surface area contributed by atoms with Gasteiger partial charge in [-0.25, -0.2) is 0 Å². The van der Waals surface area contributed by atoms with Gasteiger partial charge < -0.3 is 24.0 Å². The first-order valence-corrected chi connectivity index (χ1v) is 12.6. The summed E-state index contributed by atoms with van der Waals surface area (Å²) in [4.78, 5) is 32.2. The number of nitrogens with zero attached hydrogens (tertiary/aromatic N) is 3. The van der Waals surface area contributed by atoms with Crippen LogP contribution in [0.3, 0.4) is 0 Å². The molecular weight excluding hydrogens is 458 g/mol.